The standard InChI is InChI=1S/C14H32N2/c1-6-12(7-2)10-16-11-13(9-15)8-14(3,4)5/h12-13,16H,6-11,15H2,1-5H3. The first-order valence-corrected chi connectivity index (χ1v) is 6.83. The first-order valence-electron chi connectivity index (χ1n) is 6.83. The molecule has 0 aliphatic rings. The van der Waals surface area contributed by atoms with Gasteiger partial charge in [0.1, 0.15) is 0 Å². The molecule has 16 heavy (non-hydrogen) atoms. The minimum absolute atomic E-state index is 0.390. The van der Waals surface area contributed by atoms with Crippen molar-refractivity contribution in [1.82, 2.24) is 5.32 Å². The smallest absolute Gasteiger partial charge is 0.000814 e. The molecular weight excluding hydrogens is 196 g/mol. The summed E-state index contributed by atoms with van der Waals surface area (Å²) in [7, 11) is 0. The molecule has 1 atom stereocenters. The van der Waals surface area contributed by atoms with E-state index >= 15 is 0 Å². The lowest BCUT2D eigenvalue weighted by Crippen LogP contribution is -2.33. The summed E-state index contributed by atoms with van der Waals surface area (Å²) in [5.41, 5.74) is 6.21. The van der Waals surface area contributed by atoms with Gasteiger partial charge in [0, 0.05) is 0 Å². The van der Waals surface area contributed by atoms with Crippen molar-refractivity contribution in [3.63, 3.8) is 0 Å². The fourth-order valence-corrected chi connectivity index (χ4v) is 2.17. The van der Waals surface area contributed by atoms with Crippen LogP contribution in [0.25, 0.3) is 0 Å². The summed E-state index contributed by atoms with van der Waals surface area (Å²) < 4.78 is 0. The predicted octanol–water partition coefficient (Wildman–Crippen LogP) is 3.02. The molecule has 0 fully saturated rings. The van der Waals surface area contributed by atoms with Crippen molar-refractivity contribution < 1.29 is 0 Å². The molecule has 0 spiro atoms. The maximum Gasteiger partial charge on any atom is -0.000814 e. The maximum absolute atomic E-state index is 5.82. The van der Waals surface area contributed by atoms with E-state index < -0.39 is 0 Å². The van der Waals surface area contributed by atoms with Gasteiger partial charge < -0.3 is 11.1 Å². The van der Waals surface area contributed by atoms with Gasteiger partial charge in [0.2, 0.25) is 0 Å². The van der Waals surface area contributed by atoms with E-state index in [-0.39, 0.29) is 0 Å². The van der Waals surface area contributed by atoms with Gasteiger partial charge in [-0.3, -0.25) is 0 Å². The molecule has 0 aromatic rings. The summed E-state index contributed by atoms with van der Waals surface area (Å²) in [5.74, 6) is 1.45. The number of nitrogens with one attached hydrogen (secondary N) is 1. The van der Waals surface area contributed by atoms with E-state index in [2.05, 4.69) is 39.9 Å². The lowest BCUT2D eigenvalue weighted by Gasteiger charge is -2.26. The predicted molar refractivity (Wildman–Crippen MR) is 73.6 cm³/mol. The van der Waals surface area contributed by atoms with Crippen molar-refractivity contribution in [2.45, 2.75) is 53.9 Å². The van der Waals surface area contributed by atoms with E-state index in [9.17, 15) is 0 Å². The van der Waals surface area contributed by atoms with Crippen LogP contribution in [0.1, 0.15) is 53.9 Å². The van der Waals surface area contributed by atoms with E-state index in [0.29, 0.717) is 11.3 Å². The highest BCUT2D eigenvalue weighted by Gasteiger charge is 2.17. The van der Waals surface area contributed by atoms with Crippen molar-refractivity contribution in [3.05, 3.63) is 0 Å². The van der Waals surface area contributed by atoms with Crippen LogP contribution in [0.2, 0.25) is 0 Å². The molecule has 0 saturated carbocycles. The Bertz CT molecular complexity index is 157. The molecule has 0 aliphatic heterocycles. The van der Waals surface area contributed by atoms with Gasteiger partial charge in [0.05, 0.1) is 0 Å². The second kappa shape index (κ2) is 8.08. The Hall–Kier alpha value is -0.0800. The zero-order chi connectivity index (χ0) is 12.6. The lowest BCUT2D eigenvalue weighted by molar-refractivity contribution is 0.285. The molecule has 1 unspecified atom stereocenters. The van der Waals surface area contributed by atoms with Crippen LogP contribution < -0.4 is 11.1 Å². The molecule has 98 valence electrons. The Balaban J connectivity index is 3.79. The second-order valence-electron chi connectivity index (χ2n) is 6.21. The summed E-state index contributed by atoms with van der Waals surface area (Å²) in [5, 5.41) is 3.58. The van der Waals surface area contributed by atoms with E-state index in [1.807, 2.05) is 0 Å². The van der Waals surface area contributed by atoms with Crippen LogP contribution in [-0.2, 0) is 0 Å². The largest absolute Gasteiger partial charge is 0.330 e. The molecule has 3 N–H and O–H groups in total. The molecule has 2 heteroatoms. The Kier molecular flexibility index (Phi) is 8.04. The van der Waals surface area contributed by atoms with E-state index in [1.165, 1.54) is 19.3 Å². The summed E-state index contributed by atoms with van der Waals surface area (Å²) in [6.45, 7) is 14.4. The molecule has 0 radical (unpaired) electrons. The topological polar surface area (TPSA) is 38.0 Å². The molecule has 0 aromatic heterocycles. The minimum Gasteiger partial charge on any atom is -0.330 e. The molecule has 0 heterocycles. The first kappa shape index (κ1) is 15.9. The highest BCUT2D eigenvalue weighted by atomic mass is 14.9. The molecule has 0 bridgehead atoms. The van der Waals surface area contributed by atoms with Gasteiger partial charge in [-0.05, 0) is 43.3 Å². The Morgan fingerprint density at radius 1 is 1.00 bits per heavy atom. The highest BCUT2D eigenvalue weighted by molar-refractivity contribution is 4.72. The normalized spacial score (nSPS) is 14.4. The summed E-state index contributed by atoms with van der Waals surface area (Å²) in [4.78, 5) is 0. The van der Waals surface area contributed by atoms with Crippen molar-refractivity contribution in [2.75, 3.05) is 19.6 Å². The molecule has 0 amide bonds. The van der Waals surface area contributed by atoms with E-state index in [0.717, 1.165) is 25.6 Å². The van der Waals surface area contributed by atoms with E-state index in [1.54, 1.807) is 0 Å². The van der Waals surface area contributed by atoms with Crippen molar-refractivity contribution in [2.24, 2.45) is 23.0 Å². The Labute approximate surface area is 102 Å². The SMILES string of the molecule is CCC(CC)CNCC(CN)CC(C)(C)C. The van der Waals surface area contributed by atoms with Gasteiger partial charge in [0.25, 0.3) is 0 Å². The third-order valence-corrected chi connectivity index (χ3v) is 3.26. The van der Waals surface area contributed by atoms with Gasteiger partial charge in [-0.2, -0.15) is 0 Å². The molecule has 0 aromatic carbocycles. The second-order valence-corrected chi connectivity index (χ2v) is 6.21. The number of hydrogen-bond acceptors (Lipinski definition) is 2. The monoisotopic (exact) mass is 228 g/mol. The molecule has 0 rings (SSSR count). The molecule has 2 nitrogen and oxygen atoms in total. The highest BCUT2D eigenvalue weighted by Crippen LogP contribution is 2.23. The van der Waals surface area contributed by atoms with Crippen LogP contribution in [0.15, 0.2) is 0 Å². The third kappa shape index (κ3) is 8.12. The van der Waals surface area contributed by atoms with Crippen LogP contribution in [0.4, 0.5) is 0 Å². The van der Waals surface area contributed by atoms with Crippen molar-refractivity contribution >= 4 is 0 Å². The molecule has 0 aliphatic carbocycles. The van der Waals surface area contributed by atoms with Crippen LogP contribution in [0, 0.1) is 17.3 Å². The number of rotatable bonds is 8. The maximum atomic E-state index is 5.82. The van der Waals surface area contributed by atoms with Gasteiger partial charge in [-0.1, -0.05) is 47.5 Å². The average Bonchev–Trinajstić information content (AvgIpc) is 2.21. The zero-order valence-electron chi connectivity index (χ0n) is 12.0. The Morgan fingerprint density at radius 2 is 1.50 bits per heavy atom. The van der Waals surface area contributed by atoms with Crippen LogP contribution >= 0.6 is 0 Å². The lowest BCUT2D eigenvalue weighted by atomic mass is 9.84. The first-order chi connectivity index (χ1) is 7.42. The third-order valence-electron chi connectivity index (χ3n) is 3.26. The summed E-state index contributed by atoms with van der Waals surface area (Å²) in [6.07, 6.45) is 3.76. The Morgan fingerprint density at radius 3 is 1.88 bits per heavy atom. The fourth-order valence-electron chi connectivity index (χ4n) is 2.17. The van der Waals surface area contributed by atoms with E-state index in [4.69, 9.17) is 5.73 Å². The van der Waals surface area contributed by atoms with Gasteiger partial charge in [-0.25, -0.2) is 0 Å². The number of nitrogens with two attached hydrogens (primary N) is 1. The van der Waals surface area contributed by atoms with Crippen LogP contribution in [0.5, 0.6) is 0 Å². The quantitative estimate of drug-likeness (QED) is 0.670. The summed E-state index contributed by atoms with van der Waals surface area (Å²) >= 11 is 0. The summed E-state index contributed by atoms with van der Waals surface area (Å²) in [6, 6.07) is 0. The number of hydrogen-bond donors (Lipinski definition) is 2. The van der Waals surface area contributed by atoms with Crippen LogP contribution in [-0.4, -0.2) is 19.6 Å². The zero-order valence-corrected chi connectivity index (χ0v) is 12.0. The van der Waals surface area contributed by atoms with Gasteiger partial charge in [0.15, 0.2) is 0 Å². The van der Waals surface area contributed by atoms with Gasteiger partial charge in [-0.15, -0.1) is 0 Å². The van der Waals surface area contributed by atoms with Crippen molar-refractivity contribution in [1.29, 1.82) is 0 Å². The van der Waals surface area contributed by atoms with Crippen LogP contribution in [0.3, 0.4) is 0 Å². The van der Waals surface area contributed by atoms with Gasteiger partial charge >= 0.3 is 0 Å². The minimum atomic E-state index is 0.390. The fraction of sp³-hybridized carbons (Fsp3) is 1.00. The molecular formula is C14H32N2. The molecule has 0 saturated heterocycles. The van der Waals surface area contributed by atoms with Crippen molar-refractivity contribution in [3.8, 4) is 0 Å². The average molecular weight is 228 g/mol.